The molecule has 1 aromatic carbocycles. The summed E-state index contributed by atoms with van der Waals surface area (Å²) in [5, 5.41) is 3.22. The molecule has 3 rings (SSSR count). The summed E-state index contributed by atoms with van der Waals surface area (Å²) in [4.78, 5) is 14.7. The Bertz CT molecular complexity index is 464. The molecule has 0 aliphatic heterocycles. The average molecular weight is 300 g/mol. The minimum absolute atomic E-state index is 0.210. The van der Waals surface area contributed by atoms with Crippen molar-refractivity contribution < 1.29 is 4.79 Å². The minimum atomic E-state index is 0.210. The summed E-state index contributed by atoms with van der Waals surface area (Å²) in [6, 6.07) is 10.9. The fourth-order valence-electron chi connectivity index (χ4n) is 3.61. The van der Waals surface area contributed by atoms with E-state index >= 15 is 0 Å². The largest absolute Gasteiger partial charge is 0.352 e. The summed E-state index contributed by atoms with van der Waals surface area (Å²) >= 11 is 0. The summed E-state index contributed by atoms with van der Waals surface area (Å²) in [7, 11) is 0. The van der Waals surface area contributed by atoms with Crippen LogP contribution in [0, 0.1) is 5.92 Å². The van der Waals surface area contributed by atoms with Crippen LogP contribution < -0.4 is 5.32 Å². The van der Waals surface area contributed by atoms with Gasteiger partial charge in [0.05, 0.1) is 6.54 Å². The van der Waals surface area contributed by atoms with Crippen LogP contribution in [0.4, 0.5) is 0 Å². The number of benzene rings is 1. The molecule has 2 fully saturated rings. The van der Waals surface area contributed by atoms with Crippen molar-refractivity contribution in [2.24, 2.45) is 5.92 Å². The molecule has 0 aromatic heterocycles. The van der Waals surface area contributed by atoms with Gasteiger partial charge in [-0.25, -0.2) is 0 Å². The smallest absolute Gasteiger partial charge is 0.234 e. The molecule has 1 N–H and O–H groups in total. The van der Waals surface area contributed by atoms with Crippen LogP contribution in [0.1, 0.15) is 50.5 Å². The van der Waals surface area contributed by atoms with E-state index in [9.17, 15) is 4.79 Å². The number of hydrogen-bond donors (Lipinski definition) is 1. The Labute approximate surface area is 134 Å². The van der Waals surface area contributed by atoms with Crippen LogP contribution in [0.3, 0.4) is 0 Å². The highest BCUT2D eigenvalue weighted by Crippen LogP contribution is 2.27. The molecule has 120 valence electrons. The van der Waals surface area contributed by atoms with Crippen LogP contribution >= 0.6 is 0 Å². The van der Waals surface area contributed by atoms with Crippen molar-refractivity contribution in [3.8, 4) is 0 Å². The lowest BCUT2D eigenvalue weighted by Crippen LogP contribution is -2.43. The maximum absolute atomic E-state index is 12.3. The maximum Gasteiger partial charge on any atom is 0.234 e. The highest BCUT2D eigenvalue weighted by molar-refractivity contribution is 5.78. The Balaban J connectivity index is 1.53. The molecule has 2 aliphatic rings. The van der Waals surface area contributed by atoms with Gasteiger partial charge in [0.25, 0.3) is 0 Å². The molecule has 2 aliphatic carbocycles. The fourth-order valence-corrected chi connectivity index (χ4v) is 3.61. The number of carbonyl (C=O) groups excluding carboxylic acids is 1. The first-order valence-electron chi connectivity index (χ1n) is 8.85. The van der Waals surface area contributed by atoms with Gasteiger partial charge in [-0.05, 0) is 37.2 Å². The fraction of sp³-hybridized carbons (Fsp3) is 0.632. The third-order valence-corrected chi connectivity index (χ3v) is 5.08. The Morgan fingerprint density at radius 1 is 1.05 bits per heavy atom. The number of nitrogens with one attached hydrogen (secondary N) is 1. The number of hydrogen-bond acceptors (Lipinski definition) is 2. The van der Waals surface area contributed by atoms with Crippen molar-refractivity contribution >= 4 is 5.91 Å². The van der Waals surface area contributed by atoms with Crippen molar-refractivity contribution in [1.82, 2.24) is 10.2 Å². The van der Waals surface area contributed by atoms with Gasteiger partial charge in [-0.15, -0.1) is 0 Å². The number of nitrogens with zero attached hydrogens (tertiary/aromatic N) is 1. The van der Waals surface area contributed by atoms with Gasteiger partial charge in [-0.3, -0.25) is 9.69 Å². The number of rotatable bonds is 7. The van der Waals surface area contributed by atoms with Gasteiger partial charge in [0.1, 0.15) is 0 Å². The third kappa shape index (κ3) is 4.57. The van der Waals surface area contributed by atoms with E-state index < -0.39 is 0 Å². The molecule has 0 spiro atoms. The SMILES string of the molecule is O=C(CN(Cc1ccccc1)CC1CCC1)NC1CCCC1. The van der Waals surface area contributed by atoms with Gasteiger partial charge in [0, 0.05) is 19.1 Å². The highest BCUT2D eigenvalue weighted by Gasteiger charge is 2.23. The first-order chi connectivity index (χ1) is 10.8. The molecule has 3 nitrogen and oxygen atoms in total. The van der Waals surface area contributed by atoms with Crippen LogP contribution in [-0.4, -0.2) is 29.9 Å². The summed E-state index contributed by atoms with van der Waals surface area (Å²) in [5.74, 6) is 1.00. The molecule has 0 unspecified atom stereocenters. The molecule has 0 atom stereocenters. The van der Waals surface area contributed by atoms with Gasteiger partial charge in [0.2, 0.25) is 5.91 Å². The van der Waals surface area contributed by atoms with Crippen molar-refractivity contribution in [1.29, 1.82) is 0 Å². The van der Waals surface area contributed by atoms with E-state index in [1.165, 1.54) is 37.7 Å². The second kappa shape index (κ2) is 7.77. The van der Waals surface area contributed by atoms with Crippen molar-refractivity contribution in [2.45, 2.75) is 57.5 Å². The number of carbonyl (C=O) groups is 1. The van der Waals surface area contributed by atoms with E-state index in [1.807, 2.05) is 6.07 Å². The monoisotopic (exact) mass is 300 g/mol. The number of amides is 1. The minimum Gasteiger partial charge on any atom is -0.352 e. The molecule has 0 bridgehead atoms. The molecule has 2 saturated carbocycles. The van der Waals surface area contributed by atoms with Crippen molar-refractivity contribution in [2.75, 3.05) is 13.1 Å². The molecule has 0 heterocycles. The van der Waals surface area contributed by atoms with Crippen molar-refractivity contribution in [3.05, 3.63) is 35.9 Å². The van der Waals surface area contributed by atoms with Gasteiger partial charge in [0.15, 0.2) is 0 Å². The van der Waals surface area contributed by atoms with E-state index in [-0.39, 0.29) is 5.91 Å². The van der Waals surface area contributed by atoms with Crippen LogP contribution in [0.5, 0.6) is 0 Å². The zero-order chi connectivity index (χ0) is 15.2. The zero-order valence-electron chi connectivity index (χ0n) is 13.5. The Morgan fingerprint density at radius 3 is 2.41 bits per heavy atom. The zero-order valence-corrected chi connectivity index (χ0v) is 13.5. The summed E-state index contributed by atoms with van der Waals surface area (Å²) < 4.78 is 0. The van der Waals surface area contributed by atoms with Gasteiger partial charge in [-0.2, -0.15) is 0 Å². The summed E-state index contributed by atoms with van der Waals surface area (Å²) in [6.45, 7) is 2.49. The Hall–Kier alpha value is -1.35. The van der Waals surface area contributed by atoms with Crippen LogP contribution in [0.2, 0.25) is 0 Å². The quantitative estimate of drug-likeness (QED) is 0.837. The Morgan fingerprint density at radius 2 is 1.77 bits per heavy atom. The lowest BCUT2D eigenvalue weighted by atomic mass is 9.85. The molecular formula is C19H28N2O. The highest BCUT2D eigenvalue weighted by atomic mass is 16.2. The van der Waals surface area contributed by atoms with Gasteiger partial charge in [-0.1, -0.05) is 49.6 Å². The Kier molecular flexibility index (Phi) is 5.49. The molecule has 1 amide bonds. The molecule has 0 saturated heterocycles. The maximum atomic E-state index is 12.3. The first-order valence-corrected chi connectivity index (χ1v) is 8.85. The third-order valence-electron chi connectivity index (χ3n) is 5.08. The lowest BCUT2D eigenvalue weighted by molar-refractivity contribution is -0.123. The predicted molar refractivity (Wildman–Crippen MR) is 89.5 cm³/mol. The van der Waals surface area contributed by atoms with Crippen LogP contribution in [0.15, 0.2) is 30.3 Å². The van der Waals surface area contributed by atoms with E-state index in [1.54, 1.807) is 0 Å². The topological polar surface area (TPSA) is 32.3 Å². The van der Waals surface area contributed by atoms with Gasteiger partial charge >= 0.3 is 0 Å². The molecule has 0 radical (unpaired) electrons. The second-order valence-corrected chi connectivity index (χ2v) is 7.00. The lowest BCUT2D eigenvalue weighted by Gasteiger charge is -2.32. The first kappa shape index (κ1) is 15.5. The van der Waals surface area contributed by atoms with Crippen LogP contribution in [0.25, 0.3) is 0 Å². The van der Waals surface area contributed by atoms with E-state index in [0.717, 1.165) is 31.8 Å². The predicted octanol–water partition coefficient (Wildman–Crippen LogP) is 3.35. The second-order valence-electron chi connectivity index (χ2n) is 7.00. The van der Waals surface area contributed by atoms with Crippen molar-refractivity contribution in [3.63, 3.8) is 0 Å². The van der Waals surface area contributed by atoms with E-state index in [2.05, 4.69) is 34.5 Å². The van der Waals surface area contributed by atoms with Gasteiger partial charge < -0.3 is 5.32 Å². The normalized spacial score (nSPS) is 19.3. The van der Waals surface area contributed by atoms with E-state index in [4.69, 9.17) is 0 Å². The summed E-state index contributed by atoms with van der Waals surface area (Å²) in [5.41, 5.74) is 1.30. The molecule has 22 heavy (non-hydrogen) atoms. The molecule has 1 aromatic rings. The molecule has 3 heteroatoms. The van der Waals surface area contributed by atoms with E-state index in [0.29, 0.717) is 12.6 Å². The molecular weight excluding hydrogens is 272 g/mol. The summed E-state index contributed by atoms with van der Waals surface area (Å²) in [6.07, 6.45) is 8.87. The average Bonchev–Trinajstić information content (AvgIpc) is 2.96. The van der Waals surface area contributed by atoms with Crippen LogP contribution in [-0.2, 0) is 11.3 Å². The standard InChI is InChI=1S/C19H28N2O/c22-19(20-18-11-4-5-12-18)15-21(14-17-9-6-10-17)13-16-7-2-1-3-8-16/h1-3,7-8,17-18H,4-6,9-15H2,(H,20,22).